The van der Waals surface area contributed by atoms with E-state index < -0.39 is 0 Å². The van der Waals surface area contributed by atoms with E-state index in [0.29, 0.717) is 11.5 Å². The molecule has 0 aliphatic heterocycles. The Balaban J connectivity index is 1.63. The predicted molar refractivity (Wildman–Crippen MR) is 143 cm³/mol. The highest BCUT2D eigenvalue weighted by atomic mass is 16.3. The summed E-state index contributed by atoms with van der Waals surface area (Å²) in [6.07, 6.45) is 0. The molecule has 168 valence electrons. The fourth-order valence-corrected chi connectivity index (χ4v) is 5.97. The van der Waals surface area contributed by atoms with Crippen LogP contribution in [0.15, 0.2) is 77.2 Å². The number of phenolic OH excluding ortho intramolecular Hbond substituents is 2. The Kier molecular flexibility index (Phi) is 3.33. The second kappa shape index (κ2) is 6.16. The lowest BCUT2D eigenvalue weighted by atomic mass is 9.96. The van der Waals surface area contributed by atoms with Gasteiger partial charge in [-0.15, -0.1) is 0 Å². The van der Waals surface area contributed by atoms with E-state index in [1.54, 1.807) is 18.2 Å². The quantitative estimate of drug-likeness (QED) is 0.261. The van der Waals surface area contributed by atoms with E-state index in [1.807, 2.05) is 24.3 Å². The predicted octanol–water partition coefficient (Wildman–Crippen LogP) is 8.42. The van der Waals surface area contributed by atoms with E-state index >= 15 is 0 Å². The van der Waals surface area contributed by atoms with Crippen molar-refractivity contribution in [3.05, 3.63) is 78.4 Å². The zero-order chi connectivity index (χ0) is 23.6. The number of hydrogen-bond donors (Lipinski definition) is 2. The largest absolute Gasteiger partial charge is 0.508 e. The van der Waals surface area contributed by atoms with Gasteiger partial charge in [0.1, 0.15) is 22.7 Å². The summed E-state index contributed by atoms with van der Waals surface area (Å²) in [5, 5.41) is 29.4. The van der Waals surface area contributed by atoms with Crippen molar-refractivity contribution in [2.45, 2.75) is 19.8 Å². The summed E-state index contributed by atoms with van der Waals surface area (Å²) in [4.78, 5) is 0. The molecule has 0 fully saturated rings. The van der Waals surface area contributed by atoms with Gasteiger partial charge < -0.3 is 19.0 Å². The molecule has 3 heterocycles. The van der Waals surface area contributed by atoms with E-state index in [-0.39, 0.29) is 11.5 Å². The van der Waals surface area contributed by atoms with E-state index in [4.69, 9.17) is 4.42 Å². The first-order valence-corrected chi connectivity index (χ1v) is 11.9. The molecule has 0 atom stereocenters. The van der Waals surface area contributed by atoms with Crippen LogP contribution in [0, 0.1) is 0 Å². The number of benzene rings is 5. The van der Waals surface area contributed by atoms with Crippen LogP contribution in [-0.2, 0) is 0 Å². The molecule has 8 rings (SSSR count). The minimum absolute atomic E-state index is 0.198. The summed E-state index contributed by atoms with van der Waals surface area (Å²) in [6.45, 7) is 4.46. The highest BCUT2D eigenvalue weighted by Gasteiger charge is 2.21. The molecule has 8 aromatic rings. The van der Waals surface area contributed by atoms with Crippen molar-refractivity contribution in [3.63, 3.8) is 0 Å². The van der Waals surface area contributed by atoms with E-state index in [0.717, 1.165) is 43.5 Å². The molecule has 3 aromatic heterocycles. The van der Waals surface area contributed by atoms with Crippen LogP contribution in [0.1, 0.15) is 25.3 Å². The Bertz CT molecular complexity index is 2160. The third-order valence-corrected chi connectivity index (χ3v) is 7.62. The summed E-state index contributed by atoms with van der Waals surface area (Å²) in [5.74, 6) is 0.864. The van der Waals surface area contributed by atoms with Crippen molar-refractivity contribution >= 4 is 70.8 Å². The van der Waals surface area contributed by atoms with Crippen LogP contribution in [0.25, 0.3) is 70.8 Å². The fourth-order valence-electron chi connectivity index (χ4n) is 5.97. The van der Waals surface area contributed by atoms with Gasteiger partial charge in [-0.3, -0.25) is 0 Å². The minimum atomic E-state index is 0.198. The lowest BCUT2D eigenvalue weighted by Crippen LogP contribution is -1.86. The molecule has 0 saturated carbocycles. The van der Waals surface area contributed by atoms with Crippen LogP contribution in [-0.4, -0.2) is 14.6 Å². The zero-order valence-corrected chi connectivity index (χ0v) is 19.3. The maximum Gasteiger partial charge on any atom is 0.139 e. The summed E-state index contributed by atoms with van der Waals surface area (Å²) >= 11 is 0. The molecule has 4 nitrogen and oxygen atoms in total. The van der Waals surface area contributed by atoms with Crippen molar-refractivity contribution < 1.29 is 14.6 Å². The molecule has 0 spiro atoms. The Hall–Kier alpha value is -4.44. The van der Waals surface area contributed by atoms with Gasteiger partial charge in [-0.05, 0) is 76.9 Å². The van der Waals surface area contributed by atoms with Gasteiger partial charge in [-0.2, -0.15) is 0 Å². The normalized spacial score (nSPS) is 12.8. The molecule has 0 aliphatic rings. The topological polar surface area (TPSA) is 58.0 Å². The first-order valence-electron chi connectivity index (χ1n) is 11.9. The lowest BCUT2D eigenvalue weighted by Gasteiger charge is -2.07. The molecule has 5 aromatic carbocycles. The second-order valence-corrected chi connectivity index (χ2v) is 9.97. The first-order chi connectivity index (χ1) is 17.0. The molecular formula is C31H21NO3. The van der Waals surface area contributed by atoms with Crippen LogP contribution in [0.5, 0.6) is 11.5 Å². The number of aromatic hydroxyl groups is 2. The molecule has 0 bridgehead atoms. The summed E-state index contributed by atoms with van der Waals surface area (Å²) < 4.78 is 8.39. The smallest absolute Gasteiger partial charge is 0.139 e. The van der Waals surface area contributed by atoms with Crippen molar-refractivity contribution in [3.8, 4) is 11.5 Å². The van der Waals surface area contributed by atoms with Gasteiger partial charge in [-0.25, -0.2) is 0 Å². The molecular weight excluding hydrogens is 434 g/mol. The van der Waals surface area contributed by atoms with Crippen LogP contribution < -0.4 is 0 Å². The zero-order valence-electron chi connectivity index (χ0n) is 19.3. The Morgan fingerprint density at radius 3 is 2.14 bits per heavy atom. The number of fused-ring (bicyclic) bond motifs is 11. The number of furan rings is 1. The molecule has 4 heteroatoms. The Morgan fingerprint density at radius 1 is 0.629 bits per heavy atom. The van der Waals surface area contributed by atoms with Gasteiger partial charge in [0.25, 0.3) is 0 Å². The third-order valence-electron chi connectivity index (χ3n) is 7.62. The second-order valence-electron chi connectivity index (χ2n) is 9.97. The molecule has 2 N–H and O–H groups in total. The minimum Gasteiger partial charge on any atom is -0.508 e. The van der Waals surface area contributed by atoms with Crippen molar-refractivity contribution in [1.29, 1.82) is 0 Å². The average Bonchev–Trinajstić information content (AvgIpc) is 3.47. The van der Waals surface area contributed by atoms with Crippen LogP contribution in [0.4, 0.5) is 0 Å². The SMILES string of the molecule is CC(C)c1cc2c3ccc(O)cc3n3c4cc5ccc6oc7cc(O)ccc7c6c5cc4c(c1)c23. The maximum absolute atomic E-state index is 10.3. The molecule has 35 heavy (non-hydrogen) atoms. The maximum atomic E-state index is 10.3. The monoisotopic (exact) mass is 455 g/mol. The van der Waals surface area contributed by atoms with E-state index in [9.17, 15) is 10.2 Å². The molecule has 0 radical (unpaired) electrons. The van der Waals surface area contributed by atoms with Crippen molar-refractivity contribution in [2.24, 2.45) is 0 Å². The van der Waals surface area contributed by atoms with E-state index in [1.165, 1.54) is 27.2 Å². The highest BCUT2D eigenvalue weighted by Crippen LogP contribution is 2.44. The van der Waals surface area contributed by atoms with Crippen molar-refractivity contribution in [1.82, 2.24) is 4.40 Å². The van der Waals surface area contributed by atoms with Gasteiger partial charge in [-0.1, -0.05) is 19.9 Å². The fraction of sp³-hybridized carbons (Fsp3) is 0.0968. The molecule has 0 aliphatic carbocycles. The molecule has 0 saturated heterocycles. The lowest BCUT2D eigenvalue weighted by molar-refractivity contribution is 0.474. The number of aromatic nitrogens is 1. The van der Waals surface area contributed by atoms with Gasteiger partial charge >= 0.3 is 0 Å². The number of nitrogens with zero attached hydrogens (tertiary/aromatic N) is 1. The van der Waals surface area contributed by atoms with Crippen LogP contribution >= 0.6 is 0 Å². The summed E-state index contributed by atoms with van der Waals surface area (Å²) in [7, 11) is 0. The summed E-state index contributed by atoms with van der Waals surface area (Å²) in [5.41, 5.74) is 6.14. The van der Waals surface area contributed by atoms with Gasteiger partial charge in [0.2, 0.25) is 0 Å². The van der Waals surface area contributed by atoms with Crippen LogP contribution in [0.3, 0.4) is 0 Å². The number of rotatable bonds is 1. The van der Waals surface area contributed by atoms with Gasteiger partial charge in [0.15, 0.2) is 0 Å². The van der Waals surface area contributed by atoms with E-state index in [2.05, 4.69) is 48.6 Å². The van der Waals surface area contributed by atoms with Gasteiger partial charge in [0, 0.05) is 44.5 Å². The third kappa shape index (κ3) is 2.31. The van der Waals surface area contributed by atoms with Gasteiger partial charge in [0.05, 0.1) is 16.6 Å². The number of phenols is 2. The highest BCUT2D eigenvalue weighted by molar-refractivity contribution is 6.27. The molecule has 0 amide bonds. The van der Waals surface area contributed by atoms with Crippen LogP contribution in [0.2, 0.25) is 0 Å². The average molecular weight is 456 g/mol. The standard InChI is InChI=1S/C31H21NO3/c1-15(2)17-9-24-20-6-4-18(33)12-27(20)32-26-11-16-3-8-28-30(21-7-5-19(34)13-29(21)35-28)22(16)14-23(26)25(10-17)31(24)32/h3-15,33-34H,1-2H3. The number of hydrogen-bond acceptors (Lipinski definition) is 3. The van der Waals surface area contributed by atoms with Crippen molar-refractivity contribution in [2.75, 3.05) is 0 Å². The summed E-state index contributed by atoms with van der Waals surface area (Å²) in [6, 6.07) is 24.3. The Morgan fingerprint density at radius 2 is 1.34 bits per heavy atom. The molecule has 0 unspecified atom stereocenters. The first kappa shape index (κ1) is 18.9. The Labute approximate surface area is 199 Å².